The van der Waals surface area contributed by atoms with E-state index in [1.165, 1.54) is 0 Å². The minimum Gasteiger partial charge on any atom is -0.324 e. The van der Waals surface area contributed by atoms with Gasteiger partial charge in [-0.1, -0.05) is 12.1 Å². The molecule has 0 radical (unpaired) electrons. The number of benzene rings is 1. The van der Waals surface area contributed by atoms with Crippen molar-refractivity contribution in [1.29, 1.82) is 0 Å². The van der Waals surface area contributed by atoms with Gasteiger partial charge >= 0.3 is 0 Å². The first-order chi connectivity index (χ1) is 8.99. The number of hydrogen-bond acceptors (Lipinski definition) is 4. The normalized spacial score (nSPS) is 21.5. The topological polar surface area (TPSA) is 72.2 Å². The Hall–Kier alpha value is -0.560. The highest BCUT2D eigenvalue weighted by Gasteiger charge is 2.20. The molecule has 19 heavy (non-hydrogen) atoms. The van der Waals surface area contributed by atoms with Gasteiger partial charge in [-0.3, -0.25) is 0 Å². The van der Waals surface area contributed by atoms with Gasteiger partial charge in [-0.05, 0) is 48.5 Å². The third kappa shape index (κ3) is 3.95. The second-order valence-corrected chi connectivity index (χ2v) is 7.86. The lowest BCUT2D eigenvalue weighted by Gasteiger charge is -2.11. The molecule has 1 aromatic carbocycles. The molecule has 4 nitrogen and oxygen atoms in total. The molecule has 1 fully saturated rings. The molecule has 106 valence electrons. The minimum absolute atomic E-state index is 0.0831. The van der Waals surface area contributed by atoms with Crippen LogP contribution in [0.25, 0.3) is 0 Å². The molecule has 0 bridgehead atoms. The van der Waals surface area contributed by atoms with Crippen LogP contribution in [0.1, 0.15) is 24.9 Å². The maximum Gasteiger partial charge on any atom is 0.240 e. The first kappa shape index (κ1) is 14.8. The van der Waals surface area contributed by atoms with E-state index in [-0.39, 0.29) is 6.04 Å². The first-order valence-corrected chi connectivity index (χ1v) is 9.06. The van der Waals surface area contributed by atoms with E-state index >= 15 is 0 Å². The van der Waals surface area contributed by atoms with Crippen LogP contribution >= 0.6 is 11.8 Å². The molecular weight excluding hydrogens is 280 g/mol. The van der Waals surface area contributed by atoms with Gasteiger partial charge < -0.3 is 5.73 Å². The van der Waals surface area contributed by atoms with Gasteiger partial charge in [0.2, 0.25) is 10.0 Å². The second-order valence-electron chi connectivity index (χ2n) is 4.94. The highest BCUT2D eigenvalue weighted by atomic mass is 32.2. The van der Waals surface area contributed by atoms with Gasteiger partial charge in [0.25, 0.3) is 0 Å². The fourth-order valence-electron chi connectivity index (χ4n) is 2.01. The summed E-state index contributed by atoms with van der Waals surface area (Å²) in [5.41, 5.74) is 6.68. The molecule has 2 atom stereocenters. The fraction of sp³-hybridized carbons (Fsp3) is 0.538. The summed E-state index contributed by atoms with van der Waals surface area (Å²) in [5, 5.41) is 0. The molecule has 1 aliphatic heterocycles. The molecule has 2 rings (SSSR count). The molecule has 6 heteroatoms. The average Bonchev–Trinajstić information content (AvgIpc) is 2.90. The van der Waals surface area contributed by atoms with E-state index in [2.05, 4.69) is 4.72 Å². The number of nitrogens with one attached hydrogen (secondary N) is 1. The number of thioether (sulfide) groups is 1. The highest BCUT2D eigenvalue weighted by Crippen LogP contribution is 2.23. The van der Waals surface area contributed by atoms with E-state index in [1.807, 2.05) is 18.7 Å². The van der Waals surface area contributed by atoms with Crippen molar-refractivity contribution in [1.82, 2.24) is 4.72 Å². The molecular formula is C13H20N2O2S2. The van der Waals surface area contributed by atoms with Crippen LogP contribution in [0.4, 0.5) is 0 Å². The van der Waals surface area contributed by atoms with Crippen LogP contribution in [-0.2, 0) is 10.0 Å². The molecule has 1 heterocycles. The number of sulfonamides is 1. The summed E-state index contributed by atoms with van der Waals surface area (Å²) in [5.74, 6) is 2.64. The quantitative estimate of drug-likeness (QED) is 0.869. The Labute approximate surface area is 119 Å². The van der Waals surface area contributed by atoms with Crippen LogP contribution < -0.4 is 10.5 Å². The second kappa shape index (κ2) is 6.26. The molecule has 0 aromatic heterocycles. The maximum absolute atomic E-state index is 12.1. The zero-order chi connectivity index (χ0) is 13.9. The van der Waals surface area contributed by atoms with Crippen molar-refractivity contribution < 1.29 is 8.42 Å². The predicted octanol–water partition coefficient (Wildman–Crippen LogP) is 1.74. The van der Waals surface area contributed by atoms with Gasteiger partial charge in [0.05, 0.1) is 4.90 Å². The standard InChI is InChI=1S/C13H20N2O2S2/c1-10(14)12-2-4-13(5-3-12)19(16,17)15-8-11-6-7-18-9-11/h2-5,10-11,15H,6-9,14H2,1H3. The lowest BCUT2D eigenvalue weighted by atomic mass is 10.1. The molecule has 1 aromatic rings. The summed E-state index contributed by atoms with van der Waals surface area (Å²) in [7, 11) is -3.39. The highest BCUT2D eigenvalue weighted by molar-refractivity contribution is 7.99. The Morgan fingerprint density at radius 3 is 2.63 bits per heavy atom. The van der Waals surface area contributed by atoms with Crippen molar-refractivity contribution in [2.45, 2.75) is 24.3 Å². The largest absolute Gasteiger partial charge is 0.324 e. The number of hydrogen-bond donors (Lipinski definition) is 2. The van der Waals surface area contributed by atoms with E-state index < -0.39 is 10.0 Å². The van der Waals surface area contributed by atoms with Crippen LogP contribution in [0.2, 0.25) is 0 Å². The fourth-order valence-corrected chi connectivity index (χ4v) is 4.41. The number of nitrogens with two attached hydrogens (primary N) is 1. The third-order valence-corrected chi connectivity index (χ3v) is 5.97. The Morgan fingerprint density at radius 2 is 2.11 bits per heavy atom. The minimum atomic E-state index is -3.39. The molecule has 3 N–H and O–H groups in total. The van der Waals surface area contributed by atoms with E-state index in [0.29, 0.717) is 17.4 Å². The van der Waals surface area contributed by atoms with Gasteiger partial charge in [0, 0.05) is 12.6 Å². The van der Waals surface area contributed by atoms with Gasteiger partial charge in [0.15, 0.2) is 0 Å². The van der Waals surface area contributed by atoms with E-state index in [0.717, 1.165) is 23.5 Å². The van der Waals surface area contributed by atoms with Crippen molar-refractivity contribution in [3.63, 3.8) is 0 Å². The van der Waals surface area contributed by atoms with E-state index in [4.69, 9.17) is 5.73 Å². The van der Waals surface area contributed by atoms with Gasteiger partial charge in [0.1, 0.15) is 0 Å². The van der Waals surface area contributed by atoms with Crippen LogP contribution in [0.3, 0.4) is 0 Å². The molecule has 1 aliphatic rings. The Kier molecular flexibility index (Phi) is 4.89. The van der Waals surface area contributed by atoms with E-state index in [9.17, 15) is 8.42 Å². The van der Waals surface area contributed by atoms with Crippen LogP contribution in [0.5, 0.6) is 0 Å². The molecule has 0 saturated carbocycles. The van der Waals surface area contributed by atoms with Gasteiger partial charge in [-0.15, -0.1) is 0 Å². The van der Waals surface area contributed by atoms with E-state index in [1.54, 1.807) is 24.3 Å². The Balaban J connectivity index is 2.01. The summed E-state index contributed by atoms with van der Waals surface area (Å²) in [6.07, 6.45) is 1.09. The molecule has 2 unspecified atom stereocenters. The van der Waals surface area contributed by atoms with Crippen LogP contribution in [-0.4, -0.2) is 26.5 Å². The lowest BCUT2D eigenvalue weighted by Crippen LogP contribution is -2.29. The molecule has 0 spiro atoms. The van der Waals surface area contributed by atoms with Crippen LogP contribution in [0.15, 0.2) is 29.2 Å². The van der Waals surface area contributed by atoms with Gasteiger partial charge in [-0.25, -0.2) is 13.1 Å². The van der Waals surface area contributed by atoms with Crippen LogP contribution in [0, 0.1) is 5.92 Å². The summed E-state index contributed by atoms with van der Waals surface area (Å²) in [6, 6.07) is 6.68. The Morgan fingerprint density at radius 1 is 1.42 bits per heavy atom. The van der Waals surface area contributed by atoms with Crippen molar-refractivity contribution in [2.24, 2.45) is 11.7 Å². The average molecular weight is 300 g/mol. The number of rotatable bonds is 5. The lowest BCUT2D eigenvalue weighted by molar-refractivity contribution is 0.546. The predicted molar refractivity (Wildman–Crippen MR) is 79.7 cm³/mol. The first-order valence-electron chi connectivity index (χ1n) is 6.42. The zero-order valence-corrected chi connectivity index (χ0v) is 12.6. The summed E-state index contributed by atoms with van der Waals surface area (Å²) in [6.45, 7) is 2.41. The molecule has 1 saturated heterocycles. The Bertz CT molecular complexity index is 506. The third-order valence-electron chi connectivity index (χ3n) is 3.30. The summed E-state index contributed by atoms with van der Waals surface area (Å²) >= 11 is 1.89. The van der Waals surface area contributed by atoms with Crippen molar-refractivity contribution >= 4 is 21.8 Å². The van der Waals surface area contributed by atoms with Gasteiger partial charge in [-0.2, -0.15) is 11.8 Å². The SMILES string of the molecule is CC(N)c1ccc(S(=O)(=O)NCC2CCSC2)cc1. The maximum atomic E-state index is 12.1. The zero-order valence-electron chi connectivity index (χ0n) is 11.0. The monoisotopic (exact) mass is 300 g/mol. The van der Waals surface area contributed by atoms with Crippen molar-refractivity contribution in [3.05, 3.63) is 29.8 Å². The summed E-state index contributed by atoms with van der Waals surface area (Å²) < 4.78 is 26.9. The smallest absolute Gasteiger partial charge is 0.240 e. The molecule has 0 aliphatic carbocycles. The molecule has 0 amide bonds. The van der Waals surface area contributed by atoms with Crippen molar-refractivity contribution in [3.8, 4) is 0 Å². The van der Waals surface area contributed by atoms with Crippen molar-refractivity contribution in [2.75, 3.05) is 18.1 Å². The summed E-state index contributed by atoms with van der Waals surface area (Å²) in [4.78, 5) is 0.308.